The molecule has 0 spiro atoms. The molecule has 0 radical (unpaired) electrons. The van der Waals surface area contributed by atoms with Gasteiger partial charge in [-0.1, -0.05) is 24.3 Å². The number of nitrogens with one attached hydrogen (secondary N) is 1. The standard InChI is InChI=1S/C16H10BrN3O2S/c1-8-12-13(23-14(8)17)15(21)20(16(22)19-12)11-7-18-6-9-4-2-3-5-10(9)11/h2-7H,1H3,(H,19,22). The number of rotatable bonds is 1. The van der Waals surface area contributed by atoms with E-state index in [9.17, 15) is 9.59 Å². The molecule has 0 amide bonds. The van der Waals surface area contributed by atoms with Gasteiger partial charge in [-0.25, -0.2) is 9.36 Å². The number of aromatic nitrogens is 3. The number of hydrogen-bond donors (Lipinski definition) is 1. The Bertz CT molecular complexity index is 1180. The Labute approximate surface area is 142 Å². The third-order valence-corrected chi connectivity index (χ3v) is 5.96. The molecule has 3 aromatic heterocycles. The summed E-state index contributed by atoms with van der Waals surface area (Å²) in [5.41, 5.74) is 1.14. The van der Waals surface area contributed by atoms with Crippen LogP contribution in [0.15, 0.2) is 50.0 Å². The van der Waals surface area contributed by atoms with Crippen LogP contribution in [0.1, 0.15) is 5.56 Å². The second-order valence-electron chi connectivity index (χ2n) is 5.16. The van der Waals surface area contributed by atoms with Crippen LogP contribution in [0.2, 0.25) is 0 Å². The summed E-state index contributed by atoms with van der Waals surface area (Å²) in [7, 11) is 0. The number of pyridine rings is 1. The molecule has 0 unspecified atom stereocenters. The molecule has 0 fully saturated rings. The molecule has 4 rings (SSSR count). The zero-order chi connectivity index (χ0) is 16.1. The summed E-state index contributed by atoms with van der Waals surface area (Å²) in [6.07, 6.45) is 3.25. The smallest absolute Gasteiger partial charge is 0.305 e. The number of thiophene rings is 1. The van der Waals surface area contributed by atoms with Crippen LogP contribution in [0.25, 0.3) is 26.7 Å². The van der Waals surface area contributed by atoms with Crippen LogP contribution < -0.4 is 11.2 Å². The monoisotopic (exact) mass is 387 g/mol. The lowest BCUT2D eigenvalue weighted by atomic mass is 10.1. The van der Waals surface area contributed by atoms with Crippen LogP contribution in [0.5, 0.6) is 0 Å². The minimum Gasteiger partial charge on any atom is -0.305 e. The zero-order valence-corrected chi connectivity index (χ0v) is 14.4. The van der Waals surface area contributed by atoms with Gasteiger partial charge in [-0.3, -0.25) is 9.78 Å². The molecular weight excluding hydrogens is 378 g/mol. The summed E-state index contributed by atoms with van der Waals surface area (Å²) in [5.74, 6) is 0. The highest BCUT2D eigenvalue weighted by Gasteiger charge is 2.16. The molecule has 0 saturated carbocycles. The largest absolute Gasteiger partial charge is 0.333 e. The first kappa shape index (κ1) is 14.3. The summed E-state index contributed by atoms with van der Waals surface area (Å²) in [6.45, 7) is 1.86. The van der Waals surface area contributed by atoms with Crippen molar-refractivity contribution in [1.82, 2.24) is 14.5 Å². The van der Waals surface area contributed by atoms with E-state index in [0.29, 0.717) is 15.9 Å². The third-order valence-electron chi connectivity index (χ3n) is 3.81. The average Bonchev–Trinajstić information content (AvgIpc) is 2.83. The minimum absolute atomic E-state index is 0.333. The first-order valence-electron chi connectivity index (χ1n) is 6.85. The Balaban J connectivity index is 2.18. The predicted molar refractivity (Wildman–Crippen MR) is 95.8 cm³/mol. The first-order chi connectivity index (χ1) is 11.1. The molecule has 7 heteroatoms. The summed E-state index contributed by atoms with van der Waals surface area (Å²) in [5, 5.41) is 1.68. The molecule has 0 bridgehead atoms. The van der Waals surface area contributed by atoms with Gasteiger partial charge in [-0.2, -0.15) is 0 Å². The topological polar surface area (TPSA) is 67.8 Å². The Kier molecular flexibility index (Phi) is 3.21. The van der Waals surface area contributed by atoms with E-state index in [1.54, 1.807) is 12.4 Å². The maximum atomic E-state index is 12.9. The van der Waals surface area contributed by atoms with E-state index < -0.39 is 5.69 Å². The van der Waals surface area contributed by atoms with Crippen LogP contribution in [0.4, 0.5) is 0 Å². The van der Waals surface area contributed by atoms with Crippen molar-refractivity contribution in [3.05, 3.63) is 66.8 Å². The number of halogens is 1. The van der Waals surface area contributed by atoms with Crippen LogP contribution in [0.3, 0.4) is 0 Å². The van der Waals surface area contributed by atoms with Crippen molar-refractivity contribution in [3.63, 3.8) is 0 Å². The summed E-state index contributed by atoms with van der Waals surface area (Å²) >= 11 is 4.74. The molecule has 0 saturated heterocycles. The van der Waals surface area contributed by atoms with E-state index >= 15 is 0 Å². The van der Waals surface area contributed by atoms with Crippen molar-refractivity contribution in [2.45, 2.75) is 6.92 Å². The van der Waals surface area contributed by atoms with Gasteiger partial charge in [-0.05, 0) is 28.4 Å². The molecule has 0 atom stereocenters. The molecule has 4 aromatic rings. The molecule has 5 nitrogen and oxygen atoms in total. The van der Waals surface area contributed by atoms with E-state index in [1.165, 1.54) is 11.3 Å². The van der Waals surface area contributed by atoms with Crippen LogP contribution >= 0.6 is 27.3 Å². The Morgan fingerprint density at radius 1 is 1.22 bits per heavy atom. The Morgan fingerprint density at radius 2 is 2.00 bits per heavy atom. The van der Waals surface area contributed by atoms with Gasteiger partial charge in [0.25, 0.3) is 5.56 Å². The van der Waals surface area contributed by atoms with Gasteiger partial charge in [0.1, 0.15) is 4.70 Å². The quantitative estimate of drug-likeness (QED) is 0.544. The van der Waals surface area contributed by atoms with Gasteiger partial charge in [-0.15, -0.1) is 11.3 Å². The van der Waals surface area contributed by atoms with E-state index in [0.717, 1.165) is 24.7 Å². The van der Waals surface area contributed by atoms with Gasteiger partial charge in [0, 0.05) is 17.0 Å². The minimum atomic E-state index is -0.464. The van der Waals surface area contributed by atoms with E-state index in [-0.39, 0.29) is 5.56 Å². The van der Waals surface area contributed by atoms with Crippen molar-refractivity contribution in [3.8, 4) is 5.69 Å². The molecule has 0 aliphatic carbocycles. The van der Waals surface area contributed by atoms with Crippen LogP contribution in [-0.4, -0.2) is 14.5 Å². The van der Waals surface area contributed by atoms with Gasteiger partial charge in [0.15, 0.2) is 0 Å². The molecule has 0 aliphatic rings. The fourth-order valence-electron chi connectivity index (χ4n) is 2.64. The molecule has 114 valence electrons. The van der Waals surface area contributed by atoms with Gasteiger partial charge in [0.2, 0.25) is 0 Å². The lowest BCUT2D eigenvalue weighted by molar-refractivity contribution is 0.904. The molecule has 1 aromatic carbocycles. The number of aromatic amines is 1. The normalized spacial score (nSPS) is 11.4. The van der Waals surface area contributed by atoms with Gasteiger partial charge >= 0.3 is 5.69 Å². The van der Waals surface area contributed by atoms with Crippen molar-refractivity contribution >= 4 is 48.3 Å². The highest BCUT2D eigenvalue weighted by molar-refractivity contribution is 9.11. The molecule has 0 aliphatic heterocycles. The molecule has 3 heterocycles. The number of aryl methyl sites for hydroxylation is 1. The van der Waals surface area contributed by atoms with Crippen molar-refractivity contribution in [1.29, 1.82) is 0 Å². The second kappa shape index (κ2) is 5.14. The summed E-state index contributed by atoms with van der Waals surface area (Å²) in [6, 6.07) is 7.53. The van der Waals surface area contributed by atoms with Crippen LogP contribution in [-0.2, 0) is 0 Å². The number of benzene rings is 1. The number of fused-ring (bicyclic) bond motifs is 2. The predicted octanol–water partition coefficient (Wildman–Crippen LogP) is 3.36. The van der Waals surface area contributed by atoms with Crippen molar-refractivity contribution in [2.75, 3.05) is 0 Å². The fourth-order valence-corrected chi connectivity index (χ4v) is 4.24. The fraction of sp³-hybridized carbons (Fsp3) is 0.0625. The zero-order valence-electron chi connectivity index (χ0n) is 12.0. The van der Waals surface area contributed by atoms with E-state index in [2.05, 4.69) is 25.9 Å². The highest BCUT2D eigenvalue weighted by Crippen LogP contribution is 2.31. The SMILES string of the molecule is Cc1c(Br)sc2c(=O)n(-c3cncc4ccccc34)c(=O)[nH]c12. The van der Waals surface area contributed by atoms with Crippen LogP contribution in [0, 0.1) is 6.92 Å². The third kappa shape index (κ3) is 2.08. The number of nitrogens with zero attached hydrogens (tertiary/aromatic N) is 2. The molecule has 1 N–H and O–H groups in total. The highest BCUT2D eigenvalue weighted by atomic mass is 79.9. The maximum absolute atomic E-state index is 12.9. The Morgan fingerprint density at radius 3 is 2.83 bits per heavy atom. The number of hydrogen-bond acceptors (Lipinski definition) is 4. The van der Waals surface area contributed by atoms with Gasteiger partial charge < -0.3 is 4.98 Å². The summed E-state index contributed by atoms with van der Waals surface area (Å²) < 4.78 is 2.51. The molecule has 23 heavy (non-hydrogen) atoms. The first-order valence-corrected chi connectivity index (χ1v) is 8.46. The second-order valence-corrected chi connectivity index (χ2v) is 7.49. The lowest BCUT2D eigenvalue weighted by Crippen LogP contribution is -2.33. The van der Waals surface area contributed by atoms with Crippen molar-refractivity contribution < 1.29 is 0 Å². The van der Waals surface area contributed by atoms with Crippen molar-refractivity contribution in [2.24, 2.45) is 0 Å². The summed E-state index contributed by atoms with van der Waals surface area (Å²) in [4.78, 5) is 32.4. The van der Waals surface area contributed by atoms with E-state index in [4.69, 9.17) is 0 Å². The van der Waals surface area contributed by atoms with E-state index in [1.807, 2.05) is 31.2 Å². The maximum Gasteiger partial charge on any atom is 0.333 e. The lowest BCUT2D eigenvalue weighted by Gasteiger charge is -2.08. The Hall–Kier alpha value is -2.25. The number of H-pyrrole nitrogens is 1. The molecular formula is C16H10BrN3O2S. The van der Waals surface area contributed by atoms with Gasteiger partial charge in [0.05, 0.1) is 21.2 Å². The average molecular weight is 388 g/mol.